The van der Waals surface area contributed by atoms with E-state index in [-0.39, 0.29) is 0 Å². The molecule has 0 aromatic carbocycles. The summed E-state index contributed by atoms with van der Waals surface area (Å²) in [7, 11) is 0. The molecule has 0 amide bonds. The van der Waals surface area contributed by atoms with Crippen molar-refractivity contribution in [2.75, 3.05) is 0 Å². The normalized spacial score (nSPS) is 23.1. The molecule has 0 aromatic rings. The first kappa shape index (κ1) is 12.5. The van der Waals surface area contributed by atoms with Crippen molar-refractivity contribution in [2.24, 2.45) is 0 Å². The summed E-state index contributed by atoms with van der Waals surface area (Å²) < 4.78 is 0. The molecule has 0 heteroatoms. The van der Waals surface area contributed by atoms with E-state index in [1.54, 1.807) is 22.3 Å². The summed E-state index contributed by atoms with van der Waals surface area (Å²) >= 11 is 0. The Labute approximate surface area is 116 Å². The fraction of sp³-hybridized carbons (Fsp3) is 0.368. The Hall–Kier alpha value is -1.56. The Morgan fingerprint density at radius 2 is 1.21 bits per heavy atom. The molecule has 0 N–H and O–H groups in total. The lowest BCUT2D eigenvalue weighted by Crippen LogP contribution is -2.02. The molecule has 0 atom stereocenters. The van der Waals surface area contributed by atoms with Crippen LogP contribution in [-0.4, -0.2) is 0 Å². The van der Waals surface area contributed by atoms with Gasteiger partial charge in [0.2, 0.25) is 0 Å². The summed E-state index contributed by atoms with van der Waals surface area (Å²) in [6.07, 6.45) is 23.4. The minimum absolute atomic E-state index is 1.20. The minimum atomic E-state index is 1.20. The maximum absolute atomic E-state index is 2.36. The summed E-state index contributed by atoms with van der Waals surface area (Å²) in [4.78, 5) is 0. The molecule has 98 valence electrons. The average Bonchev–Trinajstić information content (AvgIpc) is 2.49. The van der Waals surface area contributed by atoms with Crippen molar-refractivity contribution >= 4 is 0 Å². The van der Waals surface area contributed by atoms with Crippen LogP contribution >= 0.6 is 0 Å². The van der Waals surface area contributed by atoms with E-state index in [0.717, 1.165) is 0 Å². The average molecular weight is 250 g/mol. The molecule has 3 aliphatic rings. The molecule has 0 heterocycles. The van der Waals surface area contributed by atoms with Crippen LogP contribution < -0.4 is 0 Å². The van der Waals surface area contributed by atoms with Crippen LogP contribution in [0.1, 0.15) is 45.4 Å². The lowest BCUT2D eigenvalue weighted by molar-refractivity contribution is 0.839. The Balaban J connectivity index is 1.77. The fourth-order valence-corrected chi connectivity index (χ4v) is 3.05. The third-order valence-electron chi connectivity index (χ3n) is 4.35. The highest BCUT2D eigenvalue weighted by atomic mass is 14.2. The first-order valence-corrected chi connectivity index (χ1v) is 7.45. The molecule has 0 spiro atoms. The SMILES string of the molecule is CC1=CC=C(C2=CC=C(C3=CC=CCC3)CC2)CC1. The van der Waals surface area contributed by atoms with E-state index in [4.69, 9.17) is 0 Å². The number of hydrogen-bond acceptors (Lipinski definition) is 0. The van der Waals surface area contributed by atoms with Gasteiger partial charge in [-0.25, -0.2) is 0 Å². The second kappa shape index (κ2) is 5.61. The predicted molar refractivity (Wildman–Crippen MR) is 82.9 cm³/mol. The van der Waals surface area contributed by atoms with Gasteiger partial charge in [0.15, 0.2) is 0 Å². The standard InChI is InChI=1S/C19H22/c1-15-7-9-17(10-8-15)19-13-11-18(12-14-19)16-5-3-2-4-6-16/h2-3,5,7,9,11,13H,4,6,8,10,12,14H2,1H3. The molecule has 0 saturated heterocycles. The van der Waals surface area contributed by atoms with E-state index in [9.17, 15) is 0 Å². The fourth-order valence-electron chi connectivity index (χ4n) is 3.05. The number of rotatable bonds is 2. The molecule has 3 rings (SSSR count). The molecule has 0 saturated carbocycles. The van der Waals surface area contributed by atoms with Gasteiger partial charge in [-0.15, -0.1) is 0 Å². The van der Waals surface area contributed by atoms with Crippen LogP contribution in [0.3, 0.4) is 0 Å². The topological polar surface area (TPSA) is 0 Å². The van der Waals surface area contributed by atoms with Gasteiger partial charge in [-0.3, -0.25) is 0 Å². The largest absolute Gasteiger partial charge is 0.0842 e. The highest BCUT2D eigenvalue weighted by Crippen LogP contribution is 2.33. The Morgan fingerprint density at radius 3 is 1.68 bits per heavy atom. The lowest BCUT2D eigenvalue weighted by atomic mass is 9.84. The van der Waals surface area contributed by atoms with Crippen LogP contribution in [0, 0.1) is 0 Å². The quantitative estimate of drug-likeness (QED) is 0.600. The minimum Gasteiger partial charge on any atom is -0.0842 e. The zero-order valence-electron chi connectivity index (χ0n) is 11.8. The first-order valence-electron chi connectivity index (χ1n) is 7.45. The molecule has 0 aromatic heterocycles. The monoisotopic (exact) mass is 250 g/mol. The van der Waals surface area contributed by atoms with Crippen LogP contribution in [0.25, 0.3) is 0 Å². The van der Waals surface area contributed by atoms with E-state index in [2.05, 4.69) is 49.5 Å². The van der Waals surface area contributed by atoms with Crippen molar-refractivity contribution in [3.63, 3.8) is 0 Å². The summed E-state index contributed by atoms with van der Waals surface area (Å²) in [6, 6.07) is 0. The Kier molecular flexibility index (Phi) is 3.68. The van der Waals surface area contributed by atoms with E-state index in [1.165, 1.54) is 44.1 Å². The van der Waals surface area contributed by atoms with Crippen LogP contribution in [-0.2, 0) is 0 Å². The highest BCUT2D eigenvalue weighted by Gasteiger charge is 2.14. The molecular weight excluding hydrogens is 228 g/mol. The number of hydrogen-bond donors (Lipinski definition) is 0. The molecule has 0 unspecified atom stereocenters. The Bertz CT molecular complexity index is 545. The van der Waals surface area contributed by atoms with E-state index in [0.29, 0.717) is 0 Å². The van der Waals surface area contributed by atoms with Gasteiger partial charge in [-0.2, -0.15) is 0 Å². The third kappa shape index (κ3) is 2.89. The second-order valence-corrected chi connectivity index (χ2v) is 5.75. The van der Waals surface area contributed by atoms with Crippen LogP contribution in [0.2, 0.25) is 0 Å². The first-order chi connectivity index (χ1) is 9.33. The van der Waals surface area contributed by atoms with Gasteiger partial charge in [0, 0.05) is 0 Å². The van der Waals surface area contributed by atoms with Crippen molar-refractivity contribution in [1.29, 1.82) is 0 Å². The summed E-state index contributed by atoms with van der Waals surface area (Å²) in [5.74, 6) is 0. The van der Waals surface area contributed by atoms with Crippen LogP contribution in [0.5, 0.6) is 0 Å². The molecule has 0 bridgehead atoms. The van der Waals surface area contributed by atoms with Crippen molar-refractivity contribution in [1.82, 2.24) is 0 Å². The second-order valence-electron chi connectivity index (χ2n) is 5.75. The zero-order valence-corrected chi connectivity index (χ0v) is 11.8. The summed E-state index contributed by atoms with van der Waals surface area (Å²) in [6.45, 7) is 2.23. The van der Waals surface area contributed by atoms with Gasteiger partial charge in [-0.05, 0) is 67.7 Å². The molecular formula is C19H22. The molecule has 3 aliphatic carbocycles. The van der Waals surface area contributed by atoms with Gasteiger partial charge in [0.05, 0.1) is 0 Å². The molecule has 0 nitrogen and oxygen atoms in total. The van der Waals surface area contributed by atoms with Gasteiger partial charge in [0.25, 0.3) is 0 Å². The van der Waals surface area contributed by atoms with Crippen molar-refractivity contribution < 1.29 is 0 Å². The molecule has 19 heavy (non-hydrogen) atoms. The highest BCUT2D eigenvalue weighted by molar-refractivity contribution is 5.47. The number of allylic oxidation sites excluding steroid dienone is 12. The summed E-state index contributed by atoms with van der Waals surface area (Å²) in [5, 5.41) is 0. The van der Waals surface area contributed by atoms with Crippen molar-refractivity contribution in [3.8, 4) is 0 Å². The van der Waals surface area contributed by atoms with Crippen molar-refractivity contribution in [3.05, 3.63) is 70.4 Å². The van der Waals surface area contributed by atoms with E-state index < -0.39 is 0 Å². The smallest absolute Gasteiger partial charge is 0.0235 e. The third-order valence-corrected chi connectivity index (χ3v) is 4.35. The summed E-state index contributed by atoms with van der Waals surface area (Å²) in [5.41, 5.74) is 7.72. The lowest BCUT2D eigenvalue weighted by Gasteiger charge is -2.21. The van der Waals surface area contributed by atoms with Gasteiger partial charge in [-0.1, -0.05) is 48.1 Å². The van der Waals surface area contributed by atoms with Gasteiger partial charge < -0.3 is 0 Å². The zero-order chi connectivity index (χ0) is 13.1. The van der Waals surface area contributed by atoms with Crippen LogP contribution in [0.4, 0.5) is 0 Å². The van der Waals surface area contributed by atoms with E-state index >= 15 is 0 Å². The van der Waals surface area contributed by atoms with Crippen LogP contribution in [0.15, 0.2) is 70.4 Å². The maximum Gasteiger partial charge on any atom is -0.0235 e. The molecule has 0 aliphatic heterocycles. The predicted octanol–water partition coefficient (Wildman–Crippen LogP) is 5.58. The Morgan fingerprint density at radius 1 is 0.632 bits per heavy atom. The van der Waals surface area contributed by atoms with Gasteiger partial charge >= 0.3 is 0 Å². The van der Waals surface area contributed by atoms with Gasteiger partial charge in [0.1, 0.15) is 0 Å². The molecule has 0 fully saturated rings. The van der Waals surface area contributed by atoms with E-state index in [1.807, 2.05) is 0 Å². The van der Waals surface area contributed by atoms with Crippen molar-refractivity contribution in [2.45, 2.75) is 45.4 Å². The molecule has 0 radical (unpaired) electrons. The maximum atomic E-state index is 2.36.